The predicted octanol–water partition coefficient (Wildman–Crippen LogP) is 3.37. The molecule has 18 heavy (non-hydrogen) atoms. The number of terminal acetylenes is 1. The fourth-order valence-corrected chi connectivity index (χ4v) is 1.96. The van der Waals surface area contributed by atoms with Crippen LogP contribution >= 0.6 is 0 Å². The molecule has 0 aliphatic carbocycles. The van der Waals surface area contributed by atoms with Crippen molar-refractivity contribution in [3.63, 3.8) is 0 Å². The fraction of sp³-hybridized carbons (Fsp3) is 0.500. The molecule has 1 aromatic rings. The molecule has 0 heterocycles. The molecule has 0 spiro atoms. The Bertz CT molecular complexity index is 404. The van der Waals surface area contributed by atoms with Crippen molar-refractivity contribution in [2.75, 3.05) is 6.61 Å². The van der Waals surface area contributed by atoms with E-state index in [2.05, 4.69) is 38.1 Å². The smallest absolute Gasteiger partial charge is 0.148 e. The van der Waals surface area contributed by atoms with Gasteiger partial charge in [-0.25, -0.2) is 0 Å². The van der Waals surface area contributed by atoms with Crippen LogP contribution in [0.3, 0.4) is 0 Å². The molecule has 1 rings (SSSR count). The van der Waals surface area contributed by atoms with Gasteiger partial charge in [-0.3, -0.25) is 0 Å². The zero-order valence-corrected chi connectivity index (χ0v) is 11.6. The van der Waals surface area contributed by atoms with Crippen molar-refractivity contribution in [1.29, 1.82) is 0 Å². The lowest BCUT2D eigenvalue weighted by molar-refractivity contribution is 0.341. The summed E-state index contributed by atoms with van der Waals surface area (Å²) in [7, 11) is 0. The summed E-state index contributed by atoms with van der Waals surface area (Å²) in [6, 6.07) is 8.02. The summed E-state index contributed by atoms with van der Waals surface area (Å²) in [5.74, 6) is 3.36. The molecule has 0 bridgehead atoms. The maximum Gasteiger partial charge on any atom is 0.148 e. The molecule has 0 aliphatic rings. The van der Waals surface area contributed by atoms with Crippen LogP contribution in [0.15, 0.2) is 24.3 Å². The molecular weight excluding hydrogens is 222 g/mol. The van der Waals surface area contributed by atoms with Crippen molar-refractivity contribution in [3.05, 3.63) is 29.8 Å². The van der Waals surface area contributed by atoms with Crippen LogP contribution in [0.25, 0.3) is 0 Å². The summed E-state index contributed by atoms with van der Waals surface area (Å²) in [6.07, 6.45) is 7.55. The molecule has 1 N–H and O–H groups in total. The van der Waals surface area contributed by atoms with Crippen LogP contribution in [-0.4, -0.2) is 12.1 Å². The summed E-state index contributed by atoms with van der Waals surface area (Å²) in [4.78, 5) is 0. The van der Waals surface area contributed by atoms with E-state index in [-0.39, 0.29) is 5.54 Å². The highest BCUT2D eigenvalue weighted by Crippen LogP contribution is 2.19. The summed E-state index contributed by atoms with van der Waals surface area (Å²) in [6.45, 7) is 7.76. The molecule has 0 aromatic heterocycles. The van der Waals surface area contributed by atoms with Crippen molar-refractivity contribution in [3.8, 4) is 18.1 Å². The van der Waals surface area contributed by atoms with Gasteiger partial charge in [0.15, 0.2) is 0 Å². The van der Waals surface area contributed by atoms with Crippen LogP contribution in [0.5, 0.6) is 5.75 Å². The van der Waals surface area contributed by atoms with Crippen LogP contribution in [0.2, 0.25) is 0 Å². The Kier molecular flexibility index (Phi) is 5.74. The van der Waals surface area contributed by atoms with Gasteiger partial charge in [0.2, 0.25) is 0 Å². The Balaban J connectivity index is 2.64. The lowest BCUT2D eigenvalue weighted by atomic mass is 9.98. The molecule has 98 valence electrons. The van der Waals surface area contributed by atoms with E-state index >= 15 is 0 Å². The van der Waals surface area contributed by atoms with Gasteiger partial charge in [0.1, 0.15) is 12.4 Å². The molecule has 0 unspecified atom stereocenters. The highest BCUT2D eigenvalue weighted by molar-refractivity contribution is 5.33. The molecule has 0 saturated carbocycles. The lowest BCUT2D eigenvalue weighted by Gasteiger charge is -2.26. The second kappa shape index (κ2) is 7.08. The maximum atomic E-state index is 5.54. The van der Waals surface area contributed by atoms with Crippen LogP contribution in [0, 0.1) is 12.3 Å². The lowest BCUT2D eigenvalue weighted by Crippen LogP contribution is -2.38. The van der Waals surface area contributed by atoms with Gasteiger partial charge in [-0.2, -0.15) is 0 Å². The second-order valence-electron chi connectivity index (χ2n) is 5.09. The van der Waals surface area contributed by atoms with E-state index in [0.29, 0.717) is 6.61 Å². The summed E-state index contributed by atoms with van der Waals surface area (Å²) in [5, 5.41) is 3.56. The third-order valence-corrected chi connectivity index (χ3v) is 2.92. The van der Waals surface area contributed by atoms with Crippen LogP contribution < -0.4 is 10.1 Å². The molecule has 2 heteroatoms. The molecule has 0 atom stereocenters. The van der Waals surface area contributed by atoms with E-state index in [4.69, 9.17) is 11.2 Å². The topological polar surface area (TPSA) is 21.3 Å². The van der Waals surface area contributed by atoms with E-state index in [1.807, 2.05) is 18.2 Å². The number of nitrogens with one attached hydrogen (secondary N) is 1. The average Bonchev–Trinajstić information content (AvgIpc) is 2.35. The number of para-hydroxylation sites is 1. The molecule has 0 radical (unpaired) electrons. The number of benzene rings is 1. The van der Waals surface area contributed by atoms with Gasteiger partial charge in [-0.1, -0.05) is 37.5 Å². The van der Waals surface area contributed by atoms with E-state index < -0.39 is 0 Å². The van der Waals surface area contributed by atoms with Gasteiger partial charge in [-0.05, 0) is 26.3 Å². The minimum absolute atomic E-state index is 0.147. The number of hydrogen-bond donors (Lipinski definition) is 1. The summed E-state index contributed by atoms with van der Waals surface area (Å²) in [5.41, 5.74) is 1.30. The van der Waals surface area contributed by atoms with E-state index in [0.717, 1.165) is 24.3 Å². The number of ether oxygens (including phenoxy) is 1. The average molecular weight is 245 g/mol. The molecule has 0 fully saturated rings. The normalized spacial score (nSPS) is 11.0. The first kappa shape index (κ1) is 14.6. The van der Waals surface area contributed by atoms with E-state index in [1.165, 1.54) is 6.42 Å². The summed E-state index contributed by atoms with van der Waals surface area (Å²) >= 11 is 0. The second-order valence-corrected chi connectivity index (χ2v) is 5.09. The third-order valence-electron chi connectivity index (χ3n) is 2.92. The number of hydrogen-bond acceptors (Lipinski definition) is 2. The minimum atomic E-state index is 0.147. The maximum absolute atomic E-state index is 5.54. The van der Waals surface area contributed by atoms with Crippen LogP contribution in [0.4, 0.5) is 0 Å². The molecule has 0 aliphatic heterocycles. The first-order chi connectivity index (χ1) is 8.59. The minimum Gasteiger partial charge on any atom is -0.481 e. The monoisotopic (exact) mass is 245 g/mol. The van der Waals surface area contributed by atoms with Crippen LogP contribution in [-0.2, 0) is 6.54 Å². The fourth-order valence-electron chi connectivity index (χ4n) is 1.96. The van der Waals surface area contributed by atoms with Gasteiger partial charge >= 0.3 is 0 Å². The summed E-state index contributed by atoms with van der Waals surface area (Å²) < 4.78 is 5.54. The van der Waals surface area contributed by atoms with Gasteiger partial charge in [0.25, 0.3) is 0 Å². The Morgan fingerprint density at radius 3 is 2.72 bits per heavy atom. The van der Waals surface area contributed by atoms with Crippen molar-refractivity contribution < 1.29 is 4.74 Å². The zero-order valence-electron chi connectivity index (χ0n) is 11.6. The molecule has 1 aromatic carbocycles. The van der Waals surface area contributed by atoms with Gasteiger partial charge in [0, 0.05) is 17.6 Å². The Labute approximate surface area is 111 Å². The first-order valence-electron chi connectivity index (χ1n) is 6.48. The molecule has 2 nitrogen and oxygen atoms in total. The SMILES string of the molecule is C#CCOc1ccccc1CNC(C)(C)CCC. The molecule has 0 amide bonds. The zero-order chi connectivity index (χ0) is 13.4. The van der Waals surface area contributed by atoms with Gasteiger partial charge < -0.3 is 10.1 Å². The third kappa shape index (κ3) is 4.81. The van der Waals surface area contributed by atoms with Crippen LogP contribution in [0.1, 0.15) is 39.2 Å². The Morgan fingerprint density at radius 1 is 1.33 bits per heavy atom. The van der Waals surface area contributed by atoms with E-state index in [9.17, 15) is 0 Å². The van der Waals surface area contributed by atoms with Gasteiger partial charge in [-0.15, -0.1) is 6.42 Å². The van der Waals surface area contributed by atoms with Crippen molar-refractivity contribution in [2.45, 2.75) is 45.7 Å². The highest BCUT2D eigenvalue weighted by Gasteiger charge is 2.16. The standard InChI is InChI=1S/C16H23NO/c1-5-11-16(3,4)17-13-14-9-7-8-10-15(14)18-12-6-2/h2,7-10,17H,5,11-13H2,1,3-4H3. The van der Waals surface area contributed by atoms with Crippen molar-refractivity contribution in [1.82, 2.24) is 5.32 Å². The van der Waals surface area contributed by atoms with Gasteiger partial charge in [0.05, 0.1) is 0 Å². The number of rotatable bonds is 7. The van der Waals surface area contributed by atoms with E-state index in [1.54, 1.807) is 0 Å². The van der Waals surface area contributed by atoms with Crippen molar-refractivity contribution >= 4 is 0 Å². The Morgan fingerprint density at radius 2 is 2.06 bits per heavy atom. The highest BCUT2D eigenvalue weighted by atomic mass is 16.5. The predicted molar refractivity (Wildman–Crippen MR) is 76.6 cm³/mol. The first-order valence-corrected chi connectivity index (χ1v) is 6.48. The molecular formula is C16H23NO. The van der Waals surface area contributed by atoms with Crippen molar-refractivity contribution in [2.24, 2.45) is 0 Å². The quantitative estimate of drug-likeness (QED) is 0.744. The largest absolute Gasteiger partial charge is 0.481 e. The Hall–Kier alpha value is -1.46. The molecule has 0 saturated heterocycles.